The van der Waals surface area contributed by atoms with Crippen molar-refractivity contribution in [3.63, 3.8) is 0 Å². The molecule has 136 valence electrons. The molecule has 0 atom stereocenters. The molecule has 0 aliphatic carbocycles. The third kappa shape index (κ3) is 4.12. The minimum Gasteiger partial charge on any atom is -0.467 e. The van der Waals surface area contributed by atoms with Crippen LogP contribution in [0.15, 0.2) is 64.4 Å². The SMILES string of the molecule is O=C(CSc1nnc2ccc(-c3ccc(Cl)cc3)nn12)NCc1ccco1. The van der Waals surface area contributed by atoms with Crippen molar-refractivity contribution in [2.75, 3.05) is 5.75 Å². The van der Waals surface area contributed by atoms with E-state index in [9.17, 15) is 4.79 Å². The number of amides is 1. The van der Waals surface area contributed by atoms with Gasteiger partial charge in [0.15, 0.2) is 5.65 Å². The molecule has 4 rings (SSSR count). The van der Waals surface area contributed by atoms with Gasteiger partial charge in [-0.25, -0.2) is 0 Å². The molecule has 0 spiro atoms. The van der Waals surface area contributed by atoms with Gasteiger partial charge in [-0.2, -0.15) is 9.61 Å². The zero-order valence-corrected chi connectivity index (χ0v) is 15.6. The number of hydrogen-bond acceptors (Lipinski definition) is 6. The largest absolute Gasteiger partial charge is 0.467 e. The van der Waals surface area contributed by atoms with Crippen molar-refractivity contribution in [1.29, 1.82) is 0 Å². The molecule has 1 amide bonds. The number of nitrogens with zero attached hydrogens (tertiary/aromatic N) is 4. The normalized spacial score (nSPS) is 11.0. The van der Waals surface area contributed by atoms with Gasteiger partial charge in [0.25, 0.3) is 0 Å². The first-order valence-electron chi connectivity index (χ1n) is 8.09. The molecule has 0 bridgehead atoms. The maximum Gasteiger partial charge on any atom is 0.230 e. The maximum atomic E-state index is 12.0. The van der Waals surface area contributed by atoms with Gasteiger partial charge in [-0.3, -0.25) is 4.79 Å². The monoisotopic (exact) mass is 399 g/mol. The predicted octanol–water partition coefficient (Wildman–Crippen LogP) is 3.45. The average molecular weight is 400 g/mol. The predicted molar refractivity (Wildman–Crippen MR) is 103 cm³/mol. The minimum absolute atomic E-state index is 0.123. The first-order valence-corrected chi connectivity index (χ1v) is 9.46. The van der Waals surface area contributed by atoms with Crippen molar-refractivity contribution < 1.29 is 9.21 Å². The molecule has 1 aromatic carbocycles. The Labute approximate surface area is 163 Å². The molecule has 0 saturated heterocycles. The van der Waals surface area contributed by atoms with Gasteiger partial charge in [0, 0.05) is 10.6 Å². The molecule has 0 radical (unpaired) electrons. The van der Waals surface area contributed by atoms with Crippen LogP contribution in [-0.4, -0.2) is 31.5 Å². The summed E-state index contributed by atoms with van der Waals surface area (Å²) in [6.45, 7) is 0.353. The summed E-state index contributed by atoms with van der Waals surface area (Å²) >= 11 is 7.21. The van der Waals surface area contributed by atoms with E-state index in [1.165, 1.54) is 11.8 Å². The van der Waals surface area contributed by atoms with Crippen molar-refractivity contribution >= 4 is 34.9 Å². The van der Waals surface area contributed by atoms with Crippen LogP contribution in [0.4, 0.5) is 0 Å². The van der Waals surface area contributed by atoms with E-state index in [2.05, 4.69) is 20.6 Å². The molecule has 0 aliphatic rings. The number of nitrogens with one attached hydrogen (secondary N) is 1. The van der Waals surface area contributed by atoms with Gasteiger partial charge in [-0.05, 0) is 36.4 Å². The van der Waals surface area contributed by atoms with Gasteiger partial charge in [0.05, 0.1) is 24.3 Å². The highest BCUT2D eigenvalue weighted by Crippen LogP contribution is 2.22. The smallest absolute Gasteiger partial charge is 0.230 e. The first-order chi connectivity index (χ1) is 13.2. The number of carbonyl (C=O) groups excluding carboxylic acids is 1. The van der Waals surface area contributed by atoms with E-state index in [-0.39, 0.29) is 11.7 Å². The van der Waals surface area contributed by atoms with Crippen LogP contribution in [0.25, 0.3) is 16.9 Å². The number of aromatic nitrogens is 4. The van der Waals surface area contributed by atoms with Crippen molar-refractivity contribution in [3.8, 4) is 11.3 Å². The van der Waals surface area contributed by atoms with E-state index in [1.54, 1.807) is 16.8 Å². The summed E-state index contributed by atoms with van der Waals surface area (Å²) in [5.41, 5.74) is 2.32. The summed E-state index contributed by atoms with van der Waals surface area (Å²) in [7, 11) is 0. The number of thioether (sulfide) groups is 1. The second-order valence-corrected chi connectivity index (χ2v) is 7.00. The number of fused-ring (bicyclic) bond motifs is 1. The number of halogens is 1. The maximum absolute atomic E-state index is 12.0. The summed E-state index contributed by atoms with van der Waals surface area (Å²) < 4.78 is 6.82. The molecule has 4 aromatic rings. The van der Waals surface area contributed by atoms with Gasteiger partial charge in [-0.15, -0.1) is 10.2 Å². The van der Waals surface area contributed by atoms with Crippen molar-refractivity contribution in [1.82, 2.24) is 25.1 Å². The molecule has 3 heterocycles. The van der Waals surface area contributed by atoms with Gasteiger partial charge < -0.3 is 9.73 Å². The van der Waals surface area contributed by atoms with E-state index in [0.717, 1.165) is 11.3 Å². The van der Waals surface area contributed by atoms with Gasteiger partial charge >= 0.3 is 0 Å². The molecule has 9 heteroatoms. The lowest BCUT2D eigenvalue weighted by Gasteiger charge is -2.04. The fourth-order valence-electron chi connectivity index (χ4n) is 2.41. The molecule has 1 N–H and O–H groups in total. The fourth-order valence-corrected chi connectivity index (χ4v) is 3.26. The van der Waals surface area contributed by atoms with Gasteiger partial charge in [-0.1, -0.05) is 35.5 Å². The standard InChI is InChI=1S/C18H14ClN5O2S/c19-13-5-3-12(4-6-13)15-7-8-16-21-22-18(24(16)23-15)27-11-17(25)20-10-14-2-1-9-26-14/h1-9H,10-11H2,(H,20,25). The lowest BCUT2D eigenvalue weighted by Crippen LogP contribution is -2.24. The summed E-state index contributed by atoms with van der Waals surface area (Å²) in [4.78, 5) is 12.0. The summed E-state index contributed by atoms with van der Waals surface area (Å²) in [6, 6.07) is 14.7. The molecular formula is C18H14ClN5O2S. The second-order valence-electron chi connectivity index (χ2n) is 5.62. The van der Waals surface area contributed by atoms with Crippen molar-refractivity contribution in [2.24, 2.45) is 0 Å². The Bertz CT molecular complexity index is 1060. The Hall–Kier alpha value is -2.84. The van der Waals surface area contributed by atoms with Crippen LogP contribution in [0.3, 0.4) is 0 Å². The Morgan fingerprint density at radius 3 is 2.78 bits per heavy atom. The zero-order valence-electron chi connectivity index (χ0n) is 14.0. The molecule has 0 fully saturated rings. The Kier molecular flexibility index (Phi) is 5.08. The molecule has 3 aromatic heterocycles. The van der Waals surface area contributed by atoms with Gasteiger partial charge in [0.2, 0.25) is 11.1 Å². The molecule has 0 unspecified atom stereocenters. The Balaban J connectivity index is 1.46. The van der Waals surface area contributed by atoms with Gasteiger partial charge in [0.1, 0.15) is 5.76 Å². The van der Waals surface area contributed by atoms with E-state index in [0.29, 0.717) is 28.1 Å². The van der Waals surface area contributed by atoms with Crippen molar-refractivity contribution in [2.45, 2.75) is 11.7 Å². The number of rotatable bonds is 6. The Morgan fingerprint density at radius 2 is 2.00 bits per heavy atom. The number of carbonyl (C=O) groups is 1. The lowest BCUT2D eigenvalue weighted by molar-refractivity contribution is -0.118. The quantitative estimate of drug-likeness (QED) is 0.500. The lowest BCUT2D eigenvalue weighted by atomic mass is 10.1. The molecule has 0 saturated carbocycles. The highest BCUT2D eigenvalue weighted by molar-refractivity contribution is 7.99. The zero-order chi connectivity index (χ0) is 18.6. The van der Waals surface area contributed by atoms with E-state index in [4.69, 9.17) is 16.0 Å². The summed E-state index contributed by atoms with van der Waals surface area (Å²) in [5, 5.41) is 16.8. The summed E-state index contributed by atoms with van der Waals surface area (Å²) in [6.07, 6.45) is 1.57. The topological polar surface area (TPSA) is 85.3 Å². The number of furan rings is 1. The van der Waals surface area contributed by atoms with Crippen LogP contribution in [0.2, 0.25) is 5.02 Å². The minimum atomic E-state index is -0.123. The van der Waals surface area contributed by atoms with Crippen LogP contribution >= 0.6 is 23.4 Å². The van der Waals surface area contributed by atoms with Crippen LogP contribution in [0, 0.1) is 0 Å². The number of hydrogen-bond donors (Lipinski definition) is 1. The third-order valence-corrected chi connectivity index (χ3v) is 4.92. The summed E-state index contributed by atoms with van der Waals surface area (Å²) in [5.74, 6) is 0.784. The Morgan fingerprint density at radius 1 is 1.15 bits per heavy atom. The fraction of sp³-hybridized carbons (Fsp3) is 0.111. The van der Waals surface area contributed by atoms with Crippen molar-refractivity contribution in [3.05, 3.63) is 65.6 Å². The molecular weight excluding hydrogens is 386 g/mol. The third-order valence-electron chi connectivity index (χ3n) is 3.75. The average Bonchev–Trinajstić information content (AvgIpc) is 3.34. The molecule has 27 heavy (non-hydrogen) atoms. The highest BCUT2D eigenvalue weighted by Gasteiger charge is 2.12. The van der Waals surface area contributed by atoms with E-state index in [1.807, 2.05) is 42.5 Å². The second kappa shape index (κ2) is 7.81. The van der Waals surface area contributed by atoms with Crippen LogP contribution < -0.4 is 5.32 Å². The first kappa shape index (κ1) is 17.6. The molecule has 7 nitrogen and oxygen atoms in total. The van der Waals surface area contributed by atoms with E-state index >= 15 is 0 Å². The van der Waals surface area contributed by atoms with Crippen LogP contribution in [0.1, 0.15) is 5.76 Å². The van der Waals surface area contributed by atoms with E-state index < -0.39 is 0 Å². The van der Waals surface area contributed by atoms with Crippen LogP contribution in [0.5, 0.6) is 0 Å². The molecule has 0 aliphatic heterocycles. The van der Waals surface area contributed by atoms with Crippen LogP contribution in [-0.2, 0) is 11.3 Å². The number of benzene rings is 1. The highest BCUT2D eigenvalue weighted by atomic mass is 35.5.